The largest absolute Gasteiger partial charge is 0.449 e. The average Bonchev–Trinajstić information content (AvgIpc) is 2.97. The van der Waals surface area contributed by atoms with Crippen molar-refractivity contribution in [2.75, 3.05) is 0 Å². The van der Waals surface area contributed by atoms with E-state index in [-0.39, 0.29) is 11.4 Å². The van der Waals surface area contributed by atoms with E-state index in [1.807, 2.05) is 0 Å². The second kappa shape index (κ2) is 6.08. The number of hydrogen-bond acceptors (Lipinski definition) is 6. The third-order valence-corrected chi connectivity index (χ3v) is 2.85. The van der Waals surface area contributed by atoms with Crippen LogP contribution in [0.5, 0.6) is 0 Å². The quantitative estimate of drug-likeness (QED) is 0.510. The highest BCUT2D eigenvalue weighted by atomic mass is 16.6. The predicted octanol–water partition coefficient (Wildman–Crippen LogP) is 1.89. The Labute approximate surface area is 124 Å². The molecule has 8 heteroatoms. The molecule has 0 radical (unpaired) electrons. The number of ether oxygens (including phenoxy) is 1. The third kappa shape index (κ3) is 3.29. The topological polar surface area (TPSA) is 126 Å². The van der Waals surface area contributed by atoms with Gasteiger partial charge in [-0.1, -0.05) is 0 Å². The van der Waals surface area contributed by atoms with Crippen LogP contribution in [0.25, 0.3) is 11.3 Å². The van der Waals surface area contributed by atoms with Gasteiger partial charge in [0.2, 0.25) is 5.76 Å². The van der Waals surface area contributed by atoms with E-state index in [2.05, 4.69) is 0 Å². The standard InChI is InChI=1S/C14H12N2O6/c1-8(13(15)17)21-14(18)12-7-6-11(22-12)9-2-4-10(5-3-9)16(19)20/h2-8H,1H3,(H2,15,17)/t8-/m0/s1. The molecule has 114 valence electrons. The maximum Gasteiger partial charge on any atom is 0.375 e. The van der Waals surface area contributed by atoms with Gasteiger partial charge in [0.25, 0.3) is 11.6 Å². The van der Waals surface area contributed by atoms with E-state index in [0.29, 0.717) is 11.3 Å². The molecule has 0 bridgehead atoms. The molecular weight excluding hydrogens is 292 g/mol. The van der Waals surface area contributed by atoms with Crippen LogP contribution in [0.15, 0.2) is 40.8 Å². The fraction of sp³-hybridized carbons (Fsp3) is 0.143. The number of nitro benzene ring substituents is 1. The number of nitro groups is 1. The Morgan fingerprint density at radius 3 is 2.41 bits per heavy atom. The molecule has 1 aromatic heterocycles. The van der Waals surface area contributed by atoms with Crippen molar-refractivity contribution >= 4 is 17.6 Å². The van der Waals surface area contributed by atoms with Crippen LogP contribution in [0, 0.1) is 10.1 Å². The van der Waals surface area contributed by atoms with Crippen molar-refractivity contribution < 1.29 is 23.7 Å². The zero-order chi connectivity index (χ0) is 16.3. The molecule has 2 rings (SSSR count). The van der Waals surface area contributed by atoms with Crippen LogP contribution in [-0.4, -0.2) is 22.9 Å². The summed E-state index contributed by atoms with van der Waals surface area (Å²) in [7, 11) is 0. The normalized spacial score (nSPS) is 11.7. The summed E-state index contributed by atoms with van der Waals surface area (Å²) in [4.78, 5) is 32.6. The zero-order valence-corrected chi connectivity index (χ0v) is 11.5. The minimum Gasteiger partial charge on any atom is -0.449 e. The van der Waals surface area contributed by atoms with Crippen molar-refractivity contribution in [2.45, 2.75) is 13.0 Å². The molecule has 0 aliphatic rings. The number of nitrogens with zero attached hydrogens (tertiary/aromatic N) is 1. The number of nitrogens with two attached hydrogens (primary N) is 1. The van der Waals surface area contributed by atoms with E-state index >= 15 is 0 Å². The van der Waals surface area contributed by atoms with Crippen LogP contribution in [0.3, 0.4) is 0 Å². The molecule has 0 aliphatic heterocycles. The molecule has 1 aromatic carbocycles. The summed E-state index contributed by atoms with van der Waals surface area (Å²) >= 11 is 0. The van der Waals surface area contributed by atoms with Gasteiger partial charge in [-0.25, -0.2) is 4.79 Å². The molecule has 22 heavy (non-hydrogen) atoms. The van der Waals surface area contributed by atoms with E-state index in [1.54, 1.807) is 0 Å². The van der Waals surface area contributed by atoms with Crippen LogP contribution in [0.4, 0.5) is 5.69 Å². The van der Waals surface area contributed by atoms with Gasteiger partial charge in [0, 0.05) is 17.7 Å². The molecule has 1 atom stereocenters. The van der Waals surface area contributed by atoms with Crippen molar-refractivity contribution in [3.05, 3.63) is 52.3 Å². The molecule has 0 spiro atoms. The SMILES string of the molecule is C[C@H](OC(=O)c1ccc(-c2ccc([N+](=O)[O-])cc2)o1)C(N)=O. The van der Waals surface area contributed by atoms with E-state index < -0.39 is 22.9 Å². The van der Waals surface area contributed by atoms with Crippen molar-refractivity contribution in [2.24, 2.45) is 5.73 Å². The lowest BCUT2D eigenvalue weighted by Crippen LogP contribution is -2.30. The number of furan rings is 1. The number of hydrogen-bond donors (Lipinski definition) is 1. The molecule has 0 saturated heterocycles. The van der Waals surface area contributed by atoms with Crippen molar-refractivity contribution in [3.63, 3.8) is 0 Å². The molecule has 0 fully saturated rings. The van der Waals surface area contributed by atoms with E-state index in [9.17, 15) is 19.7 Å². The molecular formula is C14H12N2O6. The molecule has 2 aromatic rings. The molecule has 0 aliphatic carbocycles. The number of non-ortho nitro benzene ring substituents is 1. The number of amides is 1. The van der Waals surface area contributed by atoms with E-state index in [0.717, 1.165) is 0 Å². The monoisotopic (exact) mass is 304 g/mol. The molecule has 8 nitrogen and oxygen atoms in total. The first-order valence-corrected chi connectivity index (χ1v) is 6.23. The maximum atomic E-state index is 11.7. The van der Waals surface area contributed by atoms with Crippen molar-refractivity contribution in [1.82, 2.24) is 0 Å². The minimum absolute atomic E-state index is 0.0507. The molecule has 0 unspecified atom stereocenters. The first-order chi connectivity index (χ1) is 10.4. The van der Waals surface area contributed by atoms with Crippen LogP contribution in [0.2, 0.25) is 0 Å². The summed E-state index contributed by atoms with van der Waals surface area (Å²) in [6.07, 6.45) is -1.07. The first kappa shape index (κ1) is 15.2. The zero-order valence-electron chi connectivity index (χ0n) is 11.5. The Morgan fingerprint density at radius 1 is 1.23 bits per heavy atom. The summed E-state index contributed by atoms with van der Waals surface area (Å²) in [5, 5.41) is 10.6. The summed E-state index contributed by atoms with van der Waals surface area (Å²) in [5.74, 6) is -1.34. The lowest BCUT2D eigenvalue weighted by molar-refractivity contribution is -0.384. The molecule has 0 saturated carbocycles. The smallest absolute Gasteiger partial charge is 0.375 e. The second-order valence-electron chi connectivity index (χ2n) is 4.42. The Hall–Kier alpha value is -3.16. The number of rotatable bonds is 5. The maximum absolute atomic E-state index is 11.7. The summed E-state index contributed by atoms with van der Waals surface area (Å²) in [5.41, 5.74) is 5.51. The highest BCUT2D eigenvalue weighted by Crippen LogP contribution is 2.24. The summed E-state index contributed by atoms with van der Waals surface area (Å²) < 4.78 is 10.1. The second-order valence-corrected chi connectivity index (χ2v) is 4.42. The van der Waals surface area contributed by atoms with E-state index in [4.69, 9.17) is 14.9 Å². The Balaban J connectivity index is 2.15. The molecule has 1 amide bonds. The average molecular weight is 304 g/mol. The lowest BCUT2D eigenvalue weighted by Gasteiger charge is -2.07. The Kier molecular flexibility index (Phi) is 4.21. The number of benzene rings is 1. The van der Waals surface area contributed by atoms with Gasteiger partial charge in [-0.2, -0.15) is 0 Å². The summed E-state index contributed by atoms with van der Waals surface area (Å²) in [6, 6.07) is 8.55. The van der Waals surface area contributed by atoms with Crippen LogP contribution in [0.1, 0.15) is 17.5 Å². The van der Waals surface area contributed by atoms with Gasteiger partial charge in [-0.3, -0.25) is 14.9 Å². The number of carbonyl (C=O) groups is 2. The van der Waals surface area contributed by atoms with Crippen LogP contribution >= 0.6 is 0 Å². The summed E-state index contributed by atoms with van der Waals surface area (Å²) in [6.45, 7) is 1.35. The van der Waals surface area contributed by atoms with E-state index in [1.165, 1.54) is 43.3 Å². The number of esters is 1. The predicted molar refractivity (Wildman–Crippen MR) is 74.9 cm³/mol. The van der Waals surface area contributed by atoms with Gasteiger partial charge in [-0.05, 0) is 31.2 Å². The number of primary amides is 1. The van der Waals surface area contributed by atoms with Gasteiger partial charge >= 0.3 is 5.97 Å². The minimum atomic E-state index is -1.07. The van der Waals surface area contributed by atoms with Gasteiger partial charge in [-0.15, -0.1) is 0 Å². The highest BCUT2D eigenvalue weighted by Gasteiger charge is 2.19. The number of carbonyl (C=O) groups excluding carboxylic acids is 2. The van der Waals surface area contributed by atoms with Gasteiger partial charge in [0.05, 0.1) is 4.92 Å². The van der Waals surface area contributed by atoms with Crippen LogP contribution in [-0.2, 0) is 9.53 Å². The first-order valence-electron chi connectivity index (χ1n) is 6.23. The van der Waals surface area contributed by atoms with Gasteiger partial charge < -0.3 is 14.9 Å². The fourth-order valence-electron chi connectivity index (χ4n) is 1.63. The Morgan fingerprint density at radius 2 is 1.86 bits per heavy atom. The third-order valence-electron chi connectivity index (χ3n) is 2.85. The molecule has 2 N–H and O–H groups in total. The fourth-order valence-corrected chi connectivity index (χ4v) is 1.63. The highest BCUT2D eigenvalue weighted by molar-refractivity contribution is 5.90. The van der Waals surface area contributed by atoms with Gasteiger partial charge in [0.15, 0.2) is 6.10 Å². The van der Waals surface area contributed by atoms with Crippen LogP contribution < -0.4 is 5.73 Å². The van der Waals surface area contributed by atoms with Crippen molar-refractivity contribution in [3.8, 4) is 11.3 Å². The van der Waals surface area contributed by atoms with Gasteiger partial charge in [0.1, 0.15) is 5.76 Å². The molecule has 1 heterocycles. The Bertz CT molecular complexity index is 719. The van der Waals surface area contributed by atoms with Crippen molar-refractivity contribution in [1.29, 1.82) is 0 Å². The lowest BCUT2D eigenvalue weighted by atomic mass is 10.1.